The van der Waals surface area contributed by atoms with Crippen molar-refractivity contribution in [3.63, 3.8) is 0 Å². The summed E-state index contributed by atoms with van der Waals surface area (Å²) < 4.78 is 23.8. The lowest BCUT2D eigenvalue weighted by Crippen LogP contribution is -2.39. The van der Waals surface area contributed by atoms with Crippen molar-refractivity contribution in [3.05, 3.63) is 36.0 Å². The van der Waals surface area contributed by atoms with Gasteiger partial charge in [-0.15, -0.1) is 10.2 Å². The number of ether oxygens (including phenoxy) is 1. The Morgan fingerprint density at radius 1 is 1.29 bits per heavy atom. The molecule has 0 spiro atoms. The highest BCUT2D eigenvalue weighted by Gasteiger charge is 2.21. The number of nitrogens with one attached hydrogen (secondary N) is 1. The van der Waals surface area contributed by atoms with E-state index in [0.717, 1.165) is 11.8 Å². The summed E-state index contributed by atoms with van der Waals surface area (Å²) in [6, 6.07) is 4.58. The fourth-order valence-electron chi connectivity index (χ4n) is 1.63. The van der Waals surface area contributed by atoms with Crippen molar-refractivity contribution in [2.45, 2.75) is 30.4 Å². The molecule has 0 saturated carbocycles. The Labute approximate surface area is 140 Å². The van der Waals surface area contributed by atoms with Crippen molar-refractivity contribution in [3.8, 4) is 5.75 Å². The molecule has 0 radical (unpaired) electrons. The lowest BCUT2D eigenvalue weighted by atomic mass is 10.3. The molecule has 3 N–H and O–H groups in total. The number of amides is 3. The highest BCUT2D eigenvalue weighted by Crippen LogP contribution is 2.26. The molecule has 0 bridgehead atoms. The quantitative estimate of drug-likeness (QED) is 0.761. The molecule has 0 aliphatic rings. The van der Waals surface area contributed by atoms with E-state index >= 15 is 0 Å². The van der Waals surface area contributed by atoms with Crippen LogP contribution in [0.4, 0.5) is 9.18 Å². The number of thioether (sulfide) groups is 1. The van der Waals surface area contributed by atoms with E-state index in [0.29, 0.717) is 5.75 Å². The largest absolute Gasteiger partial charge is 0.481 e. The number of urea groups is 1. The van der Waals surface area contributed by atoms with Crippen LogP contribution in [0.15, 0.2) is 33.9 Å². The number of imide groups is 1. The van der Waals surface area contributed by atoms with E-state index in [2.05, 4.69) is 10.2 Å². The first kappa shape index (κ1) is 17.7. The van der Waals surface area contributed by atoms with Gasteiger partial charge in [0.15, 0.2) is 6.10 Å². The fraction of sp³-hybridized carbons (Fsp3) is 0.286. The van der Waals surface area contributed by atoms with Gasteiger partial charge in [-0.2, -0.15) is 0 Å². The van der Waals surface area contributed by atoms with Gasteiger partial charge in [0.2, 0.25) is 5.91 Å². The maximum atomic E-state index is 12.9. The van der Waals surface area contributed by atoms with Gasteiger partial charge in [-0.05, 0) is 38.1 Å². The van der Waals surface area contributed by atoms with E-state index < -0.39 is 23.3 Å². The molecule has 2 atom stereocenters. The number of primary amides is 1. The summed E-state index contributed by atoms with van der Waals surface area (Å²) in [5.41, 5.74) is 4.88. The highest BCUT2D eigenvalue weighted by molar-refractivity contribution is 8.00. The summed E-state index contributed by atoms with van der Waals surface area (Å²) >= 11 is 0.975. The summed E-state index contributed by atoms with van der Waals surface area (Å²) in [5.74, 6) is -0.285. The van der Waals surface area contributed by atoms with Crippen LogP contribution >= 0.6 is 11.8 Å². The molecular weight excluding hydrogens is 339 g/mol. The molecule has 1 aromatic carbocycles. The van der Waals surface area contributed by atoms with Gasteiger partial charge in [-0.1, -0.05) is 11.8 Å². The van der Waals surface area contributed by atoms with Crippen LogP contribution in [-0.4, -0.2) is 27.4 Å². The molecule has 1 heterocycles. The lowest BCUT2D eigenvalue weighted by Gasteiger charge is -2.10. The van der Waals surface area contributed by atoms with Gasteiger partial charge >= 0.3 is 6.03 Å². The zero-order valence-corrected chi connectivity index (χ0v) is 13.7. The van der Waals surface area contributed by atoms with E-state index in [-0.39, 0.29) is 16.9 Å². The summed E-state index contributed by atoms with van der Waals surface area (Å²) in [7, 11) is 0. The standard InChI is InChI=1S/C14H15FN4O4S/c1-7(22-10-5-3-9(15)4-6-10)12-18-19-14(23-12)24-8(2)11(20)17-13(16)21/h3-8H,1-2H3,(H3,16,17,20,21)/t7-,8-/m0/s1. The smallest absolute Gasteiger partial charge is 0.318 e. The van der Waals surface area contributed by atoms with Crippen LogP contribution in [0.25, 0.3) is 0 Å². The van der Waals surface area contributed by atoms with E-state index in [9.17, 15) is 14.0 Å². The zero-order chi connectivity index (χ0) is 17.7. The van der Waals surface area contributed by atoms with Crippen LogP contribution in [0, 0.1) is 5.82 Å². The Balaban J connectivity index is 1.95. The number of halogens is 1. The molecule has 3 amide bonds. The first-order valence-electron chi connectivity index (χ1n) is 6.87. The maximum absolute atomic E-state index is 12.9. The average Bonchev–Trinajstić information content (AvgIpc) is 2.97. The molecule has 24 heavy (non-hydrogen) atoms. The first-order valence-corrected chi connectivity index (χ1v) is 7.75. The van der Waals surface area contributed by atoms with E-state index in [1.165, 1.54) is 24.3 Å². The van der Waals surface area contributed by atoms with E-state index in [1.807, 2.05) is 5.32 Å². The molecule has 128 valence electrons. The summed E-state index contributed by atoms with van der Waals surface area (Å²) in [6.07, 6.45) is -0.563. The summed E-state index contributed by atoms with van der Waals surface area (Å²) in [6.45, 7) is 3.25. The molecule has 0 unspecified atom stereocenters. The number of nitrogens with zero attached hydrogens (tertiary/aromatic N) is 2. The minimum Gasteiger partial charge on any atom is -0.481 e. The van der Waals surface area contributed by atoms with Crippen LogP contribution in [0.5, 0.6) is 5.75 Å². The van der Waals surface area contributed by atoms with Crippen molar-refractivity contribution >= 4 is 23.7 Å². The molecule has 10 heteroatoms. The van der Waals surface area contributed by atoms with Crippen LogP contribution in [0.3, 0.4) is 0 Å². The number of benzene rings is 1. The zero-order valence-electron chi connectivity index (χ0n) is 12.9. The third kappa shape index (κ3) is 4.95. The van der Waals surface area contributed by atoms with Crippen molar-refractivity contribution in [2.24, 2.45) is 5.73 Å². The SMILES string of the molecule is C[C@H](Sc1nnc([C@H](C)Oc2ccc(F)cc2)o1)C(=O)NC(N)=O. The second kappa shape index (κ2) is 7.77. The molecule has 8 nitrogen and oxygen atoms in total. The molecule has 0 aliphatic heterocycles. The number of hydrogen-bond donors (Lipinski definition) is 2. The third-order valence-corrected chi connectivity index (χ3v) is 3.72. The van der Waals surface area contributed by atoms with Crippen molar-refractivity contribution in [1.82, 2.24) is 15.5 Å². The molecule has 2 rings (SSSR count). The molecule has 0 fully saturated rings. The maximum Gasteiger partial charge on any atom is 0.318 e. The van der Waals surface area contributed by atoms with Gasteiger partial charge in [-0.3, -0.25) is 10.1 Å². The average molecular weight is 354 g/mol. The third-order valence-electron chi connectivity index (χ3n) is 2.79. The van der Waals surface area contributed by atoms with Crippen LogP contribution < -0.4 is 15.8 Å². The molecule has 1 aromatic heterocycles. The monoisotopic (exact) mass is 354 g/mol. The Kier molecular flexibility index (Phi) is 5.74. The van der Waals surface area contributed by atoms with Crippen molar-refractivity contribution < 1.29 is 23.1 Å². The van der Waals surface area contributed by atoms with Gasteiger partial charge in [-0.25, -0.2) is 9.18 Å². The molecular formula is C14H15FN4O4S. The summed E-state index contributed by atoms with van der Waals surface area (Å²) in [4.78, 5) is 22.2. The number of aromatic nitrogens is 2. The number of rotatable bonds is 6. The Bertz CT molecular complexity index is 722. The second-order valence-electron chi connectivity index (χ2n) is 4.73. The number of hydrogen-bond acceptors (Lipinski definition) is 7. The van der Waals surface area contributed by atoms with Gasteiger partial charge in [0, 0.05) is 0 Å². The topological polar surface area (TPSA) is 120 Å². The molecule has 2 aromatic rings. The lowest BCUT2D eigenvalue weighted by molar-refractivity contribution is -0.119. The normalized spacial score (nSPS) is 13.1. The number of nitrogens with two attached hydrogens (primary N) is 1. The fourth-order valence-corrected chi connectivity index (χ4v) is 2.32. The minimum absolute atomic E-state index is 0.145. The Morgan fingerprint density at radius 3 is 2.58 bits per heavy atom. The molecule has 0 saturated heterocycles. The number of carbonyl (C=O) groups excluding carboxylic acids is 2. The Morgan fingerprint density at radius 2 is 1.96 bits per heavy atom. The van der Waals surface area contributed by atoms with Crippen molar-refractivity contribution in [1.29, 1.82) is 0 Å². The van der Waals surface area contributed by atoms with Crippen LogP contribution in [-0.2, 0) is 4.79 Å². The van der Waals surface area contributed by atoms with Crippen LogP contribution in [0.2, 0.25) is 0 Å². The predicted octanol–water partition coefficient (Wildman–Crippen LogP) is 2.02. The van der Waals surface area contributed by atoms with Gasteiger partial charge in [0.25, 0.3) is 11.1 Å². The van der Waals surface area contributed by atoms with Gasteiger partial charge in [0.05, 0.1) is 5.25 Å². The minimum atomic E-state index is -0.931. The van der Waals surface area contributed by atoms with Gasteiger partial charge < -0.3 is 14.9 Å². The highest BCUT2D eigenvalue weighted by atomic mass is 32.2. The first-order chi connectivity index (χ1) is 11.3. The van der Waals surface area contributed by atoms with Crippen molar-refractivity contribution in [2.75, 3.05) is 0 Å². The molecule has 0 aliphatic carbocycles. The second-order valence-corrected chi connectivity index (χ2v) is 6.03. The predicted molar refractivity (Wildman–Crippen MR) is 82.8 cm³/mol. The van der Waals surface area contributed by atoms with Crippen LogP contribution in [0.1, 0.15) is 25.8 Å². The van der Waals surface area contributed by atoms with E-state index in [1.54, 1.807) is 13.8 Å². The van der Waals surface area contributed by atoms with E-state index in [4.69, 9.17) is 14.9 Å². The Hall–Kier alpha value is -2.62. The summed E-state index contributed by atoms with van der Waals surface area (Å²) in [5, 5.41) is 9.10. The number of carbonyl (C=O) groups is 2. The van der Waals surface area contributed by atoms with Gasteiger partial charge in [0.1, 0.15) is 11.6 Å².